The van der Waals surface area contributed by atoms with Crippen molar-refractivity contribution in [2.75, 3.05) is 26.2 Å². The minimum absolute atomic E-state index is 0.000548. The second-order valence-electron chi connectivity index (χ2n) is 7.68. The van der Waals surface area contributed by atoms with Crippen molar-refractivity contribution < 1.29 is 13.6 Å². The van der Waals surface area contributed by atoms with Gasteiger partial charge in [0.05, 0.1) is 24.3 Å². The normalized spacial score (nSPS) is 32.5. The molecule has 7 heteroatoms. The van der Waals surface area contributed by atoms with Gasteiger partial charge in [-0.2, -0.15) is 0 Å². The predicted octanol–water partition coefficient (Wildman–Crippen LogP) is 2.92. The van der Waals surface area contributed by atoms with Crippen molar-refractivity contribution in [3.8, 4) is 0 Å². The molecule has 0 N–H and O–H groups in total. The maximum absolute atomic E-state index is 13.1. The molecule has 132 valence electrons. The fourth-order valence-corrected chi connectivity index (χ4v) is 5.52. The summed E-state index contributed by atoms with van der Waals surface area (Å²) in [7, 11) is 0. The Hall–Kier alpha value is -1.08. The molecule has 3 fully saturated rings. The van der Waals surface area contributed by atoms with Crippen molar-refractivity contribution >= 4 is 17.2 Å². The van der Waals surface area contributed by atoms with Gasteiger partial charge in [0.25, 0.3) is 5.92 Å². The van der Waals surface area contributed by atoms with Crippen LogP contribution < -0.4 is 0 Å². The molecule has 1 saturated carbocycles. The highest BCUT2D eigenvalue weighted by Gasteiger charge is 2.55. The molecule has 0 radical (unpaired) electrons. The van der Waals surface area contributed by atoms with E-state index in [0.29, 0.717) is 0 Å². The monoisotopic (exact) mass is 355 g/mol. The van der Waals surface area contributed by atoms with Crippen LogP contribution in [0.2, 0.25) is 0 Å². The third kappa shape index (κ3) is 2.75. The molecule has 2 saturated heterocycles. The van der Waals surface area contributed by atoms with E-state index in [1.165, 1.54) is 9.78 Å². The number of hydrogen-bond acceptors (Lipinski definition) is 4. The standard InChI is InChI=1S/C17H23F2N3OS/c1-12-14(24-11-20-12)7-21-6-5-16(8-21)4-2-3-13(16)15(23)22-9-17(18,19)10-22/h11,13H,2-10H2,1H3. The number of hydrogen-bond donors (Lipinski definition) is 0. The number of carbonyl (C=O) groups is 1. The average molecular weight is 355 g/mol. The van der Waals surface area contributed by atoms with Crippen molar-refractivity contribution in [2.24, 2.45) is 11.3 Å². The Bertz CT molecular complexity index is 642. The molecule has 4 rings (SSSR count). The third-order valence-corrected chi connectivity index (χ3v) is 6.96. The summed E-state index contributed by atoms with van der Waals surface area (Å²) in [5.74, 6) is -2.78. The molecule has 2 atom stereocenters. The smallest absolute Gasteiger partial charge is 0.282 e. The molecule has 2 aliphatic heterocycles. The van der Waals surface area contributed by atoms with E-state index in [4.69, 9.17) is 0 Å². The van der Waals surface area contributed by atoms with Crippen LogP contribution in [0.1, 0.15) is 36.3 Å². The number of aryl methyl sites for hydroxylation is 1. The van der Waals surface area contributed by atoms with Gasteiger partial charge in [0, 0.05) is 23.9 Å². The van der Waals surface area contributed by atoms with E-state index < -0.39 is 5.92 Å². The van der Waals surface area contributed by atoms with E-state index in [2.05, 4.69) is 9.88 Å². The van der Waals surface area contributed by atoms with Gasteiger partial charge in [0.1, 0.15) is 0 Å². The van der Waals surface area contributed by atoms with Crippen molar-refractivity contribution in [1.29, 1.82) is 0 Å². The number of amides is 1. The van der Waals surface area contributed by atoms with Gasteiger partial charge in [-0.25, -0.2) is 13.8 Å². The first kappa shape index (κ1) is 16.4. The number of likely N-dealkylation sites (tertiary alicyclic amines) is 2. The van der Waals surface area contributed by atoms with Gasteiger partial charge in [0.2, 0.25) is 5.91 Å². The zero-order chi connectivity index (χ0) is 16.9. The number of carbonyl (C=O) groups excluding carboxylic acids is 1. The Kier molecular flexibility index (Phi) is 3.91. The summed E-state index contributed by atoms with van der Waals surface area (Å²) in [5.41, 5.74) is 2.96. The molecule has 1 aliphatic carbocycles. The van der Waals surface area contributed by atoms with Crippen LogP contribution in [-0.4, -0.2) is 52.8 Å². The van der Waals surface area contributed by atoms with Crippen LogP contribution in [0.4, 0.5) is 8.78 Å². The van der Waals surface area contributed by atoms with E-state index in [-0.39, 0.29) is 30.3 Å². The lowest BCUT2D eigenvalue weighted by atomic mass is 9.76. The lowest BCUT2D eigenvalue weighted by Gasteiger charge is -2.42. The molecular formula is C17H23F2N3OS. The molecule has 2 unspecified atom stereocenters. The fourth-order valence-electron chi connectivity index (χ4n) is 4.70. The molecule has 1 amide bonds. The minimum atomic E-state index is -2.67. The van der Waals surface area contributed by atoms with Crippen molar-refractivity contribution in [3.05, 3.63) is 16.1 Å². The van der Waals surface area contributed by atoms with Crippen LogP contribution in [0.25, 0.3) is 0 Å². The van der Waals surface area contributed by atoms with Gasteiger partial charge < -0.3 is 4.90 Å². The first-order chi connectivity index (χ1) is 11.4. The highest BCUT2D eigenvalue weighted by atomic mass is 32.1. The van der Waals surface area contributed by atoms with E-state index >= 15 is 0 Å². The minimum Gasteiger partial charge on any atom is -0.330 e. The summed E-state index contributed by atoms with van der Waals surface area (Å²) in [6.07, 6.45) is 3.94. The predicted molar refractivity (Wildman–Crippen MR) is 88.0 cm³/mol. The highest BCUT2D eigenvalue weighted by Crippen LogP contribution is 2.51. The Labute approximate surface area is 144 Å². The molecular weight excluding hydrogens is 332 g/mol. The molecule has 24 heavy (non-hydrogen) atoms. The van der Waals surface area contributed by atoms with Crippen LogP contribution >= 0.6 is 11.3 Å². The first-order valence-corrected chi connectivity index (χ1v) is 9.55. The Morgan fingerprint density at radius 3 is 2.83 bits per heavy atom. The van der Waals surface area contributed by atoms with Crippen molar-refractivity contribution in [1.82, 2.24) is 14.8 Å². The lowest BCUT2D eigenvalue weighted by molar-refractivity contribution is -0.172. The molecule has 1 aromatic rings. The van der Waals surface area contributed by atoms with E-state index in [0.717, 1.165) is 51.0 Å². The van der Waals surface area contributed by atoms with Crippen LogP contribution in [0.15, 0.2) is 5.51 Å². The van der Waals surface area contributed by atoms with Gasteiger partial charge in [-0.15, -0.1) is 11.3 Å². The summed E-state index contributed by atoms with van der Waals surface area (Å²) in [4.78, 5) is 22.1. The summed E-state index contributed by atoms with van der Waals surface area (Å²) >= 11 is 1.68. The van der Waals surface area contributed by atoms with Gasteiger partial charge in [-0.3, -0.25) is 9.69 Å². The molecule has 0 bridgehead atoms. The van der Waals surface area contributed by atoms with E-state index in [1.807, 2.05) is 12.4 Å². The number of rotatable bonds is 3. The molecule has 0 aromatic carbocycles. The summed E-state index contributed by atoms with van der Waals surface area (Å²) < 4.78 is 26.2. The van der Waals surface area contributed by atoms with E-state index in [9.17, 15) is 13.6 Å². The number of thiazole rings is 1. The molecule has 3 aliphatic rings. The molecule has 3 heterocycles. The van der Waals surface area contributed by atoms with Gasteiger partial charge in [-0.05, 0) is 38.1 Å². The second kappa shape index (κ2) is 5.73. The largest absolute Gasteiger partial charge is 0.330 e. The molecule has 1 aromatic heterocycles. The van der Waals surface area contributed by atoms with Crippen LogP contribution in [-0.2, 0) is 11.3 Å². The summed E-state index contributed by atoms with van der Waals surface area (Å²) in [5, 5.41) is 0. The van der Waals surface area contributed by atoms with Crippen LogP contribution in [0.3, 0.4) is 0 Å². The first-order valence-electron chi connectivity index (χ1n) is 8.67. The number of alkyl halides is 2. The van der Waals surface area contributed by atoms with Gasteiger partial charge in [0.15, 0.2) is 0 Å². The molecule has 1 spiro atoms. The Balaban J connectivity index is 1.43. The number of halogens is 2. The van der Waals surface area contributed by atoms with Crippen LogP contribution in [0, 0.1) is 18.3 Å². The fraction of sp³-hybridized carbons (Fsp3) is 0.765. The third-order valence-electron chi connectivity index (χ3n) is 6.04. The highest BCUT2D eigenvalue weighted by molar-refractivity contribution is 7.09. The van der Waals surface area contributed by atoms with Gasteiger partial charge in [-0.1, -0.05) is 6.42 Å². The van der Waals surface area contributed by atoms with Gasteiger partial charge >= 0.3 is 0 Å². The Morgan fingerprint density at radius 1 is 1.38 bits per heavy atom. The lowest BCUT2D eigenvalue weighted by Crippen LogP contribution is -2.60. The number of nitrogens with zero attached hydrogens (tertiary/aromatic N) is 3. The van der Waals surface area contributed by atoms with Crippen molar-refractivity contribution in [2.45, 2.75) is 45.1 Å². The van der Waals surface area contributed by atoms with Crippen molar-refractivity contribution in [3.63, 3.8) is 0 Å². The molecule has 4 nitrogen and oxygen atoms in total. The SMILES string of the molecule is Cc1ncsc1CN1CCC2(CCCC2C(=O)N2CC(F)(F)C2)C1. The zero-order valence-electron chi connectivity index (χ0n) is 13.9. The topological polar surface area (TPSA) is 36.4 Å². The maximum Gasteiger partial charge on any atom is 0.282 e. The second-order valence-corrected chi connectivity index (χ2v) is 8.62. The van der Waals surface area contributed by atoms with E-state index in [1.54, 1.807) is 11.3 Å². The summed E-state index contributed by atoms with van der Waals surface area (Å²) in [6, 6.07) is 0. The quantitative estimate of drug-likeness (QED) is 0.836. The van der Waals surface area contributed by atoms with Crippen LogP contribution in [0.5, 0.6) is 0 Å². The number of aromatic nitrogens is 1. The zero-order valence-corrected chi connectivity index (χ0v) is 14.7. The average Bonchev–Trinajstić information content (AvgIpc) is 3.20. The maximum atomic E-state index is 13.1. The summed E-state index contributed by atoms with van der Waals surface area (Å²) in [6.45, 7) is 4.04. The Morgan fingerprint density at radius 2 is 2.17 bits per heavy atom.